The number of nitrogens with zero attached hydrogens (tertiary/aromatic N) is 5. The molecule has 0 bridgehead atoms. The Morgan fingerprint density at radius 2 is 2.11 bits per heavy atom. The predicted molar refractivity (Wildman–Crippen MR) is 121 cm³/mol. The monoisotopic (exact) mass is 504 g/mol. The van der Waals surface area contributed by atoms with E-state index >= 15 is 0 Å². The number of aromatic nitrogens is 2. The van der Waals surface area contributed by atoms with Crippen molar-refractivity contribution in [1.82, 2.24) is 20.0 Å². The van der Waals surface area contributed by atoms with Crippen LogP contribution in [-0.4, -0.2) is 72.5 Å². The Balaban J connectivity index is 0.00000280. The molecule has 1 N–H and O–H groups in total. The third-order valence-corrected chi connectivity index (χ3v) is 5.24. The lowest BCUT2D eigenvalue weighted by atomic mass is 9.98. The lowest BCUT2D eigenvalue weighted by Gasteiger charge is -2.35. The molecule has 1 saturated heterocycles. The first-order valence-corrected chi connectivity index (χ1v) is 10.0. The Hall–Kier alpha value is -1.36. The van der Waals surface area contributed by atoms with E-state index in [1.807, 2.05) is 18.1 Å². The van der Waals surface area contributed by atoms with Gasteiger partial charge < -0.3 is 19.9 Å². The number of hydrogen-bond acceptors (Lipinski definition) is 4. The van der Waals surface area contributed by atoms with Gasteiger partial charge in [-0.2, -0.15) is 5.10 Å². The second kappa shape index (κ2) is 11.6. The Morgan fingerprint density at radius 3 is 2.75 bits per heavy atom. The third-order valence-electron chi connectivity index (χ3n) is 5.24. The predicted octanol–water partition coefficient (Wildman–Crippen LogP) is 2.00. The van der Waals surface area contributed by atoms with Crippen molar-refractivity contribution >= 4 is 41.5 Å². The first-order chi connectivity index (χ1) is 13.2. The number of rotatable bonds is 6. The fourth-order valence-corrected chi connectivity index (χ4v) is 3.76. The van der Waals surface area contributed by atoms with Gasteiger partial charge in [0.05, 0.1) is 18.0 Å². The molecule has 0 atom stereocenters. The van der Waals surface area contributed by atoms with Gasteiger partial charge in [0.2, 0.25) is 5.91 Å². The van der Waals surface area contributed by atoms with E-state index in [0.29, 0.717) is 19.2 Å². The first-order valence-electron chi connectivity index (χ1n) is 10.0. The van der Waals surface area contributed by atoms with Crippen molar-refractivity contribution in [2.45, 2.75) is 44.6 Å². The minimum absolute atomic E-state index is 0. The highest BCUT2D eigenvalue weighted by molar-refractivity contribution is 14.0. The lowest BCUT2D eigenvalue weighted by Crippen LogP contribution is -2.55. The summed E-state index contributed by atoms with van der Waals surface area (Å²) in [7, 11) is 3.62. The van der Waals surface area contributed by atoms with Crippen molar-refractivity contribution in [3.8, 4) is 0 Å². The summed E-state index contributed by atoms with van der Waals surface area (Å²) in [6.07, 6.45) is 11.4. The van der Waals surface area contributed by atoms with Gasteiger partial charge in [0, 0.05) is 46.5 Å². The summed E-state index contributed by atoms with van der Waals surface area (Å²) in [5.41, 5.74) is 0.852. The van der Waals surface area contributed by atoms with Crippen LogP contribution in [0.15, 0.2) is 17.4 Å². The highest BCUT2D eigenvalue weighted by atomic mass is 127. The number of halogens is 1. The van der Waals surface area contributed by atoms with E-state index in [-0.39, 0.29) is 29.9 Å². The van der Waals surface area contributed by atoms with E-state index < -0.39 is 0 Å². The fraction of sp³-hybridized carbons (Fsp3) is 0.737. The number of amides is 1. The standard InChI is InChI=1S/C19H32N6O2.HI/c1-20-19(21-9-6-12-27-17-7-4-3-5-8-17)24-10-11-25(18(26)15-24)16-13-22-23(2)14-16;/h13-14,17H,3-12,15H2,1-2H3,(H,20,21);1H. The third kappa shape index (κ3) is 6.33. The summed E-state index contributed by atoms with van der Waals surface area (Å²) in [5.74, 6) is 0.852. The molecule has 2 heterocycles. The quantitative estimate of drug-likeness (QED) is 0.278. The summed E-state index contributed by atoms with van der Waals surface area (Å²) in [5, 5.41) is 7.51. The van der Waals surface area contributed by atoms with Crippen LogP contribution in [0.5, 0.6) is 0 Å². The summed E-state index contributed by atoms with van der Waals surface area (Å²) >= 11 is 0. The summed E-state index contributed by atoms with van der Waals surface area (Å²) in [6, 6.07) is 0. The van der Waals surface area contributed by atoms with Crippen molar-refractivity contribution < 1.29 is 9.53 Å². The maximum Gasteiger partial charge on any atom is 0.246 e. The molecule has 0 unspecified atom stereocenters. The molecule has 3 rings (SSSR count). The molecule has 1 aromatic heterocycles. The maximum absolute atomic E-state index is 12.5. The number of ether oxygens (including phenoxy) is 1. The van der Waals surface area contributed by atoms with Gasteiger partial charge in [-0.05, 0) is 19.3 Å². The van der Waals surface area contributed by atoms with Crippen LogP contribution in [0, 0.1) is 0 Å². The molecule has 1 saturated carbocycles. The molecule has 1 amide bonds. The van der Waals surface area contributed by atoms with Crippen molar-refractivity contribution in [1.29, 1.82) is 0 Å². The van der Waals surface area contributed by atoms with E-state index in [9.17, 15) is 4.79 Å². The van der Waals surface area contributed by atoms with Crippen molar-refractivity contribution in [3.63, 3.8) is 0 Å². The van der Waals surface area contributed by atoms with Crippen LogP contribution in [0.2, 0.25) is 0 Å². The van der Waals surface area contributed by atoms with Gasteiger partial charge in [-0.15, -0.1) is 24.0 Å². The van der Waals surface area contributed by atoms with Crippen LogP contribution in [0.3, 0.4) is 0 Å². The van der Waals surface area contributed by atoms with Gasteiger partial charge in [0.25, 0.3) is 0 Å². The number of carbonyl (C=O) groups excluding carboxylic acids is 1. The molecule has 2 aliphatic rings. The zero-order chi connectivity index (χ0) is 19.1. The Labute approximate surface area is 184 Å². The van der Waals surface area contributed by atoms with E-state index in [1.54, 1.807) is 22.8 Å². The number of nitrogens with one attached hydrogen (secondary N) is 1. The van der Waals surface area contributed by atoms with E-state index in [1.165, 1.54) is 32.1 Å². The minimum atomic E-state index is 0. The van der Waals surface area contributed by atoms with Crippen LogP contribution in [0.1, 0.15) is 38.5 Å². The molecule has 1 aliphatic heterocycles. The molecule has 158 valence electrons. The number of aryl methyl sites for hydroxylation is 1. The number of carbonyl (C=O) groups is 1. The first kappa shape index (κ1) is 22.9. The molecule has 2 fully saturated rings. The molecule has 0 radical (unpaired) electrons. The van der Waals surface area contributed by atoms with Crippen LogP contribution >= 0.6 is 24.0 Å². The normalized spacial score (nSPS) is 18.9. The van der Waals surface area contributed by atoms with Gasteiger partial charge in [-0.25, -0.2) is 0 Å². The summed E-state index contributed by atoms with van der Waals surface area (Å²) in [4.78, 5) is 20.7. The number of aliphatic imine (C=N–C) groups is 1. The fourth-order valence-electron chi connectivity index (χ4n) is 3.76. The molecule has 28 heavy (non-hydrogen) atoms. The minimum Gasteiger partial charge on any atom is -0.378 e. The van der Waals surface area contributed by atoms with Crippen LogP contribution in [0.25, 0.3) is 0 Å². The average molecular weight is 504 g/mol. The smallest absolute Gasteiger partial charge is 0.246 e. The topological polar surface area (TPSA) is 75.0 Å². The molecular weight excluding hydrogens is 471 g/mol. The molecular formula is C19H33IN6O2. The van der Waals surface area contributed by atoms with Crippen molar-refractivity contribution in [2.75, 3.05) is 44.7 Å². The number of anilines is 1. The van der Waals surface area contributed by atoms with Crippen LogP contribution < -0.4 is 10.2 Å². The molecule has 0 spiro atoms. The molecule has 9 heteroatoms. The zero-order valence-corrected chi connectivity index (χ0v) is 19.3. The summed E-state index contributed by atoms with van der Waals surface area (Å²) in [6.45, 7) is 3.29. The zero-order valence-electron chi connectivity index (χ0n) is 17.0. The van der Waals surface area contributed by atoms with E-state index in [2.05, 4.69) is 15.4 Å². The second-order valence-electron chi connectivity index (χ2n) is 7.30. The number of piperazine rings is 1. The SMILES string of the molecule is CN=C(NCCCOC1CCCCC1)N1CCN(c2cnn(C)c2)C(=O)C1.I. The van der Waals surface area contributed by atoms with Gasteiger partial charge in [-0.1, -0.05) is 19.3 Å². The van der Waals surface area contributed by atoms with Gasteiger partial charge in [-0.3, -0.25) is 14.5 Å². The molecule has 1 aromatic rings. The average Bonchev–Trinajstić information content (AvgIpc) is 3.11. The molecule has 0 aromatic carbocycles. The highest BCUT2D eigenvalue weighted by Gasteiger charge is 2.27. The lowest BCUT2D eigenvalue weighted by molar-refractivity contribution is -0.120. The Bertz CT molecular complexity index is 644. The van der Waals surface area contributed by atoms with E-state index in [4.69, 9.17) is 4.74 Å². The van der Waals surface area contributed by atoms with E-state index in [0.717, 1.165) is 37.8 Å². The van der Waals surface area contributed by atoms with Gasteiger partial charge in [0.1, 0.15) is 6.54 Å². The number of hydrogen-bond donors (Lipinski definition) is 1. The Morgan fingerprint density at radius 1 is 1.32 bits per heavy atom. The van der Waals surface area contributed by atoms with Crippen molar-refractivity contribution in [3.05, 3.63) is 12.4 Å². The largest absolute Gasteiger partial charge is 0.378 e. The maximum atomic E-state index is 12.5. The second-order valence-corrected chi connectivity index (χ2v) is 7.30. The van der Waals surface area contributed by atoms with Crippen molar-refractivity contribution in [2.24, 2.45) is 12.0 Å². The van der Waals surface area contributed by atoms with Crippen LogP contribution in [-0.2, 0) is 16.6 Å². The van der Waals surface area contributed by atoms with Gasteiger partial charge in [0.15, 0.2) is 5.96 Å². The summed E-state index contributed by atoms with van der Waals surface area (Å²) < 4.78 is 7.68. The van der Waals surface area contributed by atoms with Gasteiger partial charge >= 0.3 is 0 Å². The molecule has 1 aliphatic carbocycles. The molecule has 8 nitrogen and oxygen atoms in total. The van der Waals surface area contributed by atoms with Crippen LogP contribution in [0.4, 0.5) is 5.69 Å². The number of guanidine groups is 1. The Kier molecular flexibility index (Phi) is 9.49. The highest BCUT2D eigenvalue weighted by Crippen LogP contribution is 2.20.